The Morgan fingerprint density at radius 3 is 2.78 bits per heavy atom. The van der Waals surface area contributed by atoms with Crippen molar-refractivity contribution in [1.82, 2.24) is 10.3 Å². The third-order valence-electron chi connectivity index (χ3n) is 2.75. The third-order valence-corrected chi connectivity index (χ3v) is 4.17. The molecule has 0 fully saturated rings. The Hall–Kier alpha value is -1.13. The summed E-state index contributed by atoms with van der Waals surface area (Å²) in [5.41, 5.74) is 0.134. The van der Waals surface area contributed by atoms with Crippen LogP contribution in [0.25, 0.3) is 0 Å². The summed E-state index contributed by atoms with van der Waals surface area (Å²) in [6.07, 6.45) is 3.67. The first-order chi connectivity index (χ1) is 8.47. The predicted molar refractivity (Wildman–Crippen MR) is 74.8 cm³/mol. The van der Waals surface area contributed by atoms with E-state index < -0.39 is 0 Å². The van der Waals surface area contributed by atoms with Gasteiger partial charge in [0, 0.05) is 23.0 Å². The molecule has 0 saturated carbocycles. The summed E-state index contributed by atoms with van der Waals surface area (Å²) in [5, 5.41) is 4.63. The number of thiazole rings is 1. The van der Waals surface area contributed by atoms with Gasteiger partial charge in [0.05, 0.1) is 17.3 Å². The summed E-state index contributed by atoms with van der Waals surface area (Å²) in [5.74, 6) is 0.968. The minimum Gasteiger partial charge on any atom is -0.468 e. The maximum absolute atomic E-state index is 5.37. The average molecular weight is 264 g/mol. The van der Waals surface area contributed by atoms with E-state index in [1.54, 1.807) is 17.6 Å². The van der Waals surface area contributed by atoms with Crippen LogP contribution in [-0.2, 0) is 12.0 Å². The van der Waals surface area contributed by atoms with Gasteiger partial charge in [-0.25, -0.2) is 4.98 Å². The zero-order chi connectivity index (χ0) is 13.2. The number of aromatic nitrogens is 1. The summed E-state index contributed by atoms with van der Waals surface area (Å²) in [6.45, 7) is 9.50. The summed E-state index contributed by atoms with van der Waals surface area (Å²) < 4.78 is 5.37. The van der Waals surface area contributed by atoms with E-state index >= 15 is 0 Å². The Bertz CT molecular complexity index is 482. The smallest absolute Gasteiger partial charge is 0.120 e. The van der Waals surface area contributed by atoms with Gasteiger partial charge in [-0.1, -0.05) is 20.8 Å². The van der Waals surface area contributed by atoms with Crippen LogP contribution in [0.1, 0.15) is 49.4 Å². The average Bonchev–Trinajstić information content (AvgIpc) is 2.96. The topological polar surface area (TPSA) is 38.1 Å². The lowest BCUT2D eigenvalue weighted by Gasteiger charge is -2.13. The number of hydrogen-bond acceptors (Lipinski definition) is 4. The first-order valence-electron chi connectivity index (χ1n) is 6.19. The second kappa shape index (κ2) is 5.24. The second-order valence-corrected chi connectivity index (χ2v) is 6.61. The fourth-order valence-electron chi connectivity index (χ4n) is 1.63. The number of nitrogens with zero attached hydrogens (tertiary/aromatic N) is 1. The van der Waals surface area contributed by atoms with E-state index in [0.29, 0.717) is 0 Å². The molecule has 18 heavy (non-hydrogen) atoms. The lowest BCUT2D eigenvalue weighted by Crippen LogP contribution is -2.16. The fraction of sp³-hybridized carbons (Fsp3) is 0.500. The van der Waals surface area contributed by atoms with Crippen molar-refractivity contribution in [2.24, 2.45) is 0 Å². The van der Waals surface area contributed by atoms with Gasteiger partial charge in [0.15, 0.2) is 0 Å². The minimum absolute atomic E-state index is 0.134. The molecule has 0 amide bonds. The molecule has 0 aliphatic carbocycles. The molecule has 0 aromatic carbocycles. The van der Waals surface area contributed by atoms with Crippen LogP contribution in [0.5, 0.6) is 0 Å². The summed E-state index contributed by atoms with van der Waals surface area (Å²) in [6, 6.07) is 4.13. The maximum atomic E-state index is 5.37. The molecule has 4 heteroatoms. The molecule has 0 bridgehead atoms. The van der Waals surface area contributed by atoms with Crippen molar-refractivity contribution in [2.75, 3.05) is 0 Å². The highest BCUT2D eigenvalue weighted by Gasteiger charge is 2.18. The van der Waals surface area contributed by atoms with Crippen molar-refractivity contribution in [3.05, 3.63) is 40.2 Å². The zero-order valence-electron chi connectivity index (χ0n) is 11.4. The van der Waals surface area contributed by atoms with Gasteiger partial charge < -0.3 is 9.73 Å². The van der Waals surface area contributed by atoms with E-state index in [1.165, 1.54) is 9.88 Å². The Morgan fingerprint density at radius 1 is 1.44 bits per heavy atom. The number of nitrogens with one attached hydrogen (secondary N) is 1. The highest BCUT2D eigenvalue weighted by molar-refractivity contribution is 7.11. The molecule has 0 radical (unpaired) electrons. The van der Waals surface area contributed by atoms with Crippen molar-refractivity contribution in [3.63, 3.8) is 0 Å². The maximum Gasteiger partial charge on any atom is 0.120 e. The second-order valence-electron chi connectivity index (χ2n) is 5.50. The van der Waals surface area contributed by atoms with Gasteiger partial charge >= 0.3 is 0 Å². The molecular formula is C14H20N2OS. The van der Waals surface area contributed by atoms with Gasteiger partial charge in [-0.3, -0.25) is 0 Å². The molecule has 0 saturated heterocycles. The predicted octanol–water partition coefficient (Wildman–Crippen LogP) is 3.88. The van der Waals surface area contributed by atoms with Crippen LogP contribution in [0.3, 0.4) is 0 Å². The Kier molecular flexibility index (Phi) is 3.88. The van der Waals surface area contributed by atoms with E-state index in [2.05, 4.69) is 38.0 Å². The summed E-state index contributed by atoms with van der Waals surface area (Å²) in [4.78, 5) is 5.75. The van der Waals surface area contributed by atoms with Crippen LogP contribution < -0.4 is 5.32 Å². The van der Waals surface area contributed by atoms with Crippen LogP contribution in [0.15, 0.2) is 29.0 Å². The van der Waals surface area contributed by atoms with Crippen molar-refractivity contribution in [3.8, 4) is 0 Å². The molecule has 1 atom stereocenters. The van der Waals surface area contributed by atoms with Gasteiger partial charge in [0.25, 0.3) is 0 Å². The number of furan rings is 1. The lowest BCUT2D eigenvalue weighted by molar-refractivity contribution is 0.431. The van der Waals surface area contributed by atoms with E-state index in [-0.39, 0.29) is 11.5 Å². The van der Waals surface area contributed by atoms with Crippen molar-refractivity contribution >= 4 is 11.3 Å². The number of rotatable bonds is 4. The molecule has 2 rings (SSSR count). The molecule has 0 aliphatic rings. The molecule has 0 aliphatic heterocycles. The normalized spacial score (nSPS) is 13.8. The molecule has 1 N–H and O–H groups in total. The minimum atomic E-state index is 0.134. The first kappa shape index (κ1) is 13.3. The van der Waals surface area contributed by atoms with Crippen LogP contribution in [0, 0.1) is 0 Å². The Balaban J connectivity index is 1.93. The highest BCUT2D eigenvalue weighted by atomic mass is 32.1. The van der Waals surface area contributed by atoms with Gasteiger partial charge in [-0.2, -0.15) is 0 Å². The summed E-state index contributed by atoms with van der Waals surface area (Å²) >= 11 is 1.77. The Morgan fingerprint density at radius 2 is 2.22 bits per heavy atom. The van der Waals surface area contributed by atoms with Crippen LogP contribution in [0.2, 0.25) is 0 Å². The molecule has 3 nitrogen and oxygen atoms in total. The molecular weight excluding hydrogens is 244 g/mol. The fourth-order valence-corrected chi connectivity index (χ4v) is 2.55. The third kappa shape index (κ3) is 3.21. The number of hydrogen-bond donors (Lipinski definition) is 1. The molecule has 98 valence electrons. The van der Waals surface area contributed by atoms with Gasteiger partial charge in [-0.05, 0) is 19.1 Å². The molecule has 2 heterocycles. The van der Waals surface area contributed by atoms with E-state index in [9.17, 15) is 0 Å². The summed E-state index contributed by atoms with van der Waals surface area (Å²) in [7, 11) is 0. The van der Waals surface area contributed by atoms with E-state index in [4.69, 9.17) is 4.42 Å². The SMILES string of the molecule is C[C@@H](NCc1cnc(C(C)(C)C)s1)c1ccco1. The first-order valence-corrected chi connectivity index (χ1v) is 7.00. The van der Waals surface area contributed by atoms with Gasteiger partial charge in [-0.15, -0.1) is 11.3 Å². The van der Waals surface area contributed by atoms with E-state index in [1.807, 2.05) is 18.3 Å². The van der Waals surface area contributed by atoms with Crippen LogP contribution in [0.4, 0.5) is 0 Å². The standard InChI is InChI=1S/C14H20N2OS/c1-10(12-6-5-7-17-12)15-8-11-9-16-13(18-11)14(2,3)4/h5-7,9-10,15H,8H2,1-4H3/t10-/m1/s1. The van der Waals surface area contributed by atoms with Crippen LogP contribution in [-0.4, -0.2) is 4.98 Å². The highest BCUT2D eigenvalue weighted by Crippen LogP contribution is 2.27. The monoisotopic (exact) mass is 264 g/mol. The quantitative estimate of drug-likeness (QED) is 0.910. The largest absolute Gasteiger partial charge is 0.468 e. The molecule has 0 spiro atoms. The van der Waals surface area contributed by atoms with Crippen LogP contribution >= 0.6 is 11.3 Å². The molecule has 2 aromatic heterocycles. The van der Waals surface area contributed by atoms with Crippen molar-refractivity contribution in [2.45, 2.75) is 45.7 Å². The van der Waals surface area contributed by atoms with Crippen molar-refractivity contribution in [1.29, 1.82) is 0 Å². The van der Waals surface area contributed by atoms with Gasteiger partial charge in [0.1, 0.15) is 5.76 Å². The molecule has 2 aromatic rings. The van der Waals surface area contributed by atoms with Crippen molar-refractivity contribution < 1.29 is 4.42 Å². The Labute approximate surface area is 112 Å². The molecule has 0 unspecified atom stereocenters. The lowest BCUT2D eigenvalue weighted by atomic mass is 9.98. The zero-order valence-corrected chi connectivity index (χ0v) is 12.2. The van der Waals surface area contributed by atoms with Gasteiger partial charge in [0.2, 0.25) is 0 Å². The van der Waals surface area contributed by atoms with E-state index in [0.717, 1.165) is 12.3 Å².